The van der Waals surface area contributed by atoms with Gasteiger partial charge in [-0.1, -0.05) is 57.9 Å². The standard InChI is InChI=1S/C20H18BrClN2O3/c21-14-10-8-13(9-11-14)17-12-18(15-4-1-2-5-16(15)22)24(23-17)19(25)6-3-7-20(26)27/h1-2,4-5,8-11,18H,3,6-7,12H2,(H,26,27)/p-1/t18-/m0/s1. The zero-order chi connectivity index (χ0) is 19.4. The van der Waals surface area contributed by atoms with Gasteiger partial charge >= 0.3 is 0 Å². The first-order valence-corrected chi connectivity index (χ1v) is 9.72. The zero-order valence-electron chi connectivity index (χ0n) is 14.4. The molecule has 0 aliphatic carbocycles. The minimum Gasteiger partial charge on any atom is -0.550 e. The molecule has 1 amide bonds. The Kier molecular flexibility index (Phi) is 6.29. The summed E-state index contributed by atoms with van der Waals surface area (Å²) in [5.74, 6) is -1.39. The van der Waals surface area contributed by atoms with Crippen LogP contribution in [0.1, 0.15) is 42.9 Å². The second kappa shape index (κ2) is 8.67. The van der Waals surface area contributed by atoms with E-state index in [1.807, 2.05) is 42.5 Å². The number of carboxylic acid groups (broad SMARTS) is 1. The highest BCUT2D eigenvalue weighted by atomic mass is 79.9. The summed E-state index contributed by atoms with van der Waals surface area (Å²) in [6, 6.07) is 14.8. The first-order chi connectivity index (χ1) is 13.0. The van der Waals surface area contributed by atoms with Gasteiger partial charge in [0.15, 0.2) is 0 Å². The number of hydrogen-bond acceptors (Lipinski definition) is 4. The van der Waals surface area contributed by atoms with E-state index in [9.17, 15) is 14.7 Å². The largest absolute Gasteiger partial charge is 0.550 e. The minimum absolute atomic E-state index is 0.0893. The predicted molar refractivity (Wildman–Crippen MR) is 105 cm³/mol. The number of carboxylic acids is 1. The van der Waals surface area contributed by atoms with Crippen LogP contribution in [0.3, 0.4) is 0 Å². The van der Waals surface area contributed by atoms with Crippen LogP contribution < -0.4 is 5.11 Å². The van der Waals surface area contributed by atoms with E-state index in [1.54, 1.807) is 6.07 Å². The van der Waals surface area contributed by atoms with Crippen LogP contribution in [0.5, 0.6) is 0 Å². The van der Waals surface area contributed by atoms with Gasteiger partial charge in [-0.2, -0.15) is 5.10 Å². The molecule has 5 nitrogen and oxygen atoms in total. The fraction of sp³-hybridized carbons (Fsp3) is 0.250. The summed E-state index contributed by atoms with van der Waals surface area (Å²) < 4.78 is 0.961. The minimum atomic E-state index is -1.16. The fourth-order valence-corrected chi connectivity index (χ4v) is 3.57. The summed E-state index contributed by atoms with van der Waals surface area (Å²) >= 11 is 9.77. The monoisotopic (exact) mass is 447 g/mol. The molecule has 0 radical (unpaired) electrons. The lowest BCUT2D eigenvalue weighted by molar-refractivity contribution is -0.305. The Balaban J connectivity index is 1.87. The highest BCUT2D eigenvalue weighted by molar-refractivity contribution is 9.10. The number of rotatable bonds is 6. The molecule has 27 heavy (non-hydrogen) atoms. The number of carbonyl (C=O) groups is 2. The maximum Gasteiger partial charge on any atom is 0.243 e. The van der Waals surface area contributed by atoms with Gasteiger partial charge in [-0.25, -0.2) is 5.01 Å². The first-order valence-electron chi connectivity index (χ1n) is 8.55. The molecule has 1 aliphatic rings. The van der Waals surface area contributed by atoms with E-state index in [-0.39, 0.29) is 31.2 Å². The van der Waals surface area contributed by atoms with Crippen molar-refractivity contribution in [3.63, 3.8) is 0 Å². The van der Waals surface area contributed by atoms with Crippen LogP contribution in [-0.4, -0.2) is 22.6 Å². The van der Waals surface area contributed by atoms with Crippen molar-refractivity contribution in [1.82, 2.24) is 5.01 Å². The number of hydrazone groups is 1. The second-order valence-corrected chi connectivity index (χ2v) is 7.58. The van der Waals surface area contributed by atoms with Gasteiger partial charge in [-0.15, -0.1) is 0 Å². The summed E-state index contributed by atoms with van der Waals surface area (Å²) in [6.07, 6.45) is 0.694. The molecule has 140 valence electrons. The topological polar surface area (TPSA) is 72.8 Å². The molecule has 0 fully saturated rings. The number of benzene rings is 2. The molecule has 0 saturated heterocycles. The van der Waals surface area contributed by atoms with Crippen molar-refractivity contribution < 1.29 is 14.7 Å². The van der Waals surface area contributed by atoms with Crippen LogP contribution in [0.15, 0.2) is 58.1 Å². The van der Waals surface area contributed by atoms with E-state index < -0.39 is 5.97 Å². The number of nitrogens with zero attached hydrogens (tertiary/aromatic N) is 2. The molecule has 1 aliphatic heterocycles. The molecular weight excluding hydrogens is 432 g/mol. The maximum absolute atomic E-state index is 12.7. The van der Waals surface area contributed by atoms with E-state index in [0.717, 1.165) is 21.3 Å². The molecule has 0 N–H and O–H groups in total. The van der Waals surface area contributed by atoms with Gasteiger partial charge in [0.2, 0.25) is 5.91 Å². The van der Waals surface area contributed by atoms with Crippen LogP contribution in [0.4, 0.5) is 0 Å². The molecule has 0 bridgehead atoms. The molecule has 1 heterocycles. The van der Waals surface area contributed by atoms with Gasteiger partial charge < -0.3 is 9.90 Å². The smallest absolute Gasteiger partial charge is 0.243 e. The molecule has 3 rings (SSSR count). The van der Waals surface area contributed by atoms with E-state index in [1.165, 1.54) is 5.01 Å². The van der Waals surface area contributed by atoms with Gasteiger partial charge in [0, 0.05) is 28.3 Å². The molecule has 1 atom stereocenters. The Labute approximate surface area is 170 Å². The van der Waals surface area contributed by atoms with E-state index in [2.05, 4.69) is 21.0 Å². The fourth-order valence-electron chi connectivity index (χ4n) is 3.04. The Hall–Kier alpha value is -2.18. The van der Waals surface area contributed by atoms with Crippen LogP contribution in [-0.2, 0) is 9.59 Å². The quantitative estimate of drug-likeness (QED) is 0.676. The Morgan fingerprint density at radius 2 is 1.85 bits per heavy atom. The van der Waals surface area contributed by atoms with Crippen LogP contribution in [0.25, 0.3) is 0 Å². The Morgan fingerprint density at radius 3 is 2.52 bits per heavy atom. The van der Waals surface area contributed by atoms with Crippen molar-refractivity contribution in [2.24, 2.45) is 5.10 Å². The maximum atomic E-state index is 12.7. The Bertz CT molecular complexity index is 883. The summed E-state index contributed by atoms with van der Waals surface area (Å²) in [5.41, 5.74) is 2.55. The average molecular weight is 449 g/mol. The summed E-state index contributed by atoms with van der Waals surface area (Å²) in [4.78, 5) is 23.3. The van der Waals surface area contributed by atoms with Crippen molar-refractivity contribution in [2.45, 2.75) is 31.7 Å². The van der Waals surface area contributed by atoms with Crippen molar-refractivity contribution in [2.75, 3.05) is 0 Å². The van der Waals surface area contributed by atoms with Crippen molar-refractivity contribution in [3.8, 4) is 0 Å². The molecule has 0 unspecified atom stereocenters. The first kappa shape index (κ1) is 19.6. The van der Waals surface area contributed by atoms with Gasteiger partial charge in [-0.05, 0) is 42.2 Å². The molecular formula is C20H17BrClN2O3-. The molecule has 2 aromatic rings. The molecule has 0 saturated carbocycles. The van der Waals surface area contributed by atoms with E-state index in [4.69, 9.17) is 11.6 Å². The Morgan fingerprint density at radius 1 is 1.15 bits per heavy atom. The third-order valence-electron chi connectivity index (χ3n) is 4.38. The van der Waals surface area contributed by atoms with Crippen LogP contribution >= 0.6 is 27.5 Å². The van der Waals surface area contributed by atoms with Gasteiger partial charge in [0.25, 0.3) is 0 Å². The van der Waals surface area contributed by atoms with Crippen molar-refractivity contribution in [1.29, 1.82) is 0 Å². The number of hydrogen-bond donors (Lipinski definition) is 0. The number of halogens is 2. The molecule has 7 heteroatoms. The van der Waals surface area contributed by atoms with Crippen molar-refractivity contribution in [3.05, 3.63) is 69.2 Å². The second-order valence-electron chi connectivity index (χ2n) is 6.26. The predicted octanol–water partition coefficient (Wildman–Crippen LogP) is 3.70. The molecule has 0 spiro atoms. The molecule has 0 aromatic heterocycles. The third-order valence-corrected chi connectivity index (χ3v) is 5.25. The van der Waals surface area contributed by atoms with Crippen molar-refractivity contribution >= 4 is 45.1 Å². The lowest BCUT2D eigenvalue weighted by Gasteiger charge is -2.23. The van der Waals surface area contributed by atoms with E-state index >= 15 is 0 Å². The van der Waals surface area contributed by atoms with E-state index in [0.29, 0.717) is 11.4 Å². The normalized spacial score (nSPS) is 16.3. The molecule has 2 aromatic carbocycles. The van der Waals surface area contributed by atoms with Gasteiger partial charge in [-0.3, -0.25) is 4.79 Å². The summed E-state index contributed by atoms with van der Waals surface area (Å²) in [7, 11) is 0. The zero-order valence-corrected chi connectivity index (χ0v) is 16.7. The summed E-state index contributed by atoms with van der Waals surface area (Å²) in [6.45, 7) is 0. The van der Waals surface area contributed by atoms with Gasteiger partial charge in [0.1, 0.15) is 0 Å². The van der Waals surface area contributed by atoms with Crippen LogP contribution in [0, 0.1) is 0 Å². The number of amides is 1. The summed E-state index contributed by atoms with van der Waals surface area (Å²) in [5, 5.41) is 17.2. The third kappa shape index (κ3) is 4.76. The number of carbonyl (C=O) groups excluding carboxylic acids is 2. The lowest BCUT2D eigenvalue weighted by Crippen LogP contribution is -2.28. The number of aliphatic carboxylic acids is 1. The highest BCUT2D eigenvalue weighted by Gasteiger charge is 2.33. The SMILES string of the molecule is O=C([O-])CCCC(=O)N1N=C(c2ccc(Br)cc2)C[C@H]1c1ccccc1Cl. The highest BCUT2D eigenvalue weighted by Crippen LogP contribution is 2.36. The van der Waals surface area contributed by atoms with Gasteiger partial charge in [0.05, 0.1) is 11.8 Å². The van der Waals surface area contributed by atoms with Crippen LogP contribution in [0.2, 0.25) is 5.02 Å². The average Bonchev–Trinajstić information content (AvgIpc) is 3.07. The lowest BCUT2D eigenvalue weighted by atomic mass is 9.98.